The van der Waals surface area contributed by atoms with Gasteiger partial charge in [-0.15, -0.1) is 0 Å². The second kappa shape index (κ2) is 9.06. The highest BCUT2D eigenvalue weighted by Crippen LogP contribution is 2.19. The molecule has 1 aliphatic heterocycles. The molecule has 27 heavy (non-hydrogen) atoms. The Kier molecular flexibility index (Phi) is 6.76. The second-order valence-electron chi connectivity index (χ2n) is 6.94. The van der Waals surface area contributed by atoms with Crippen LogP contribution in [-0.4, -0.2) is 52.6 Å². The molecule has 0 atom stereocenters. The highest BCUT2D eigenvalue weighted by atomic mass is 35.5. The summed E-state index contributed by atoms with van der Waals surface area (Å²) < 4.78 is 27.2. The third-order valence-corrected chi connectivity index (χ3v) is 6.40. The predicted molar refractivity (Wildman–Crippen MR) is 112 cm³/mol. The van der Waals surface area contributed by atoms with Crippen LogP contribution in [0.3, 0.4) is 0 Å². The molecule has 0 bridgehead atoms. The van der Waals surface area contributed by atoms with Crippen molar-refractivity contribution in [1.29, 1.82) is 0 Å². The molecule has 1 saturated heterocycles. The Hall–Kier alpha value is -1.60. The molecule has 0 aliphatic carbocycles. The van der Waals surface area contributed by atoms with Gasteiger partial charge in [-0.1, -0.05) is 41.4 Å². The van der Waals surface area contributed by atoms with E-state index >= 15 is 0 Å². The van der Waals surface area contributed by atoms with Crippen LogP contribution in [0.4, 0.5) is 5.69 Å². The lowest BCUT2D eigenvalue weighted by molar-refractivity contribution is 0.262. The van der Waals surface area contributed by atoms with Gasteiger partial charge in [-0.05, 0) is 36.8 Å². The summed E-state index contributed by atoms with van der Waals surface area (Å²) in [7, 11) is -3.31. The molecular weight excluding hydrogens is 382 g/mol. The Labute approximate surface area is 167 Å². The zero-order valence-electron chi connectivity index (χ0n) is 15.6. The number of nitrogens with one attached hydrogen (secondary N) is 1. The lowest BCUT2D eigenvalue weighted by Crippen LogP contribution is -2.48. The van der Waals surface area contributed by atoms with Crippen LogP contribution in [-0.2, 0) is 15.8 Å². The van der Waals surface area contributed by atoms with E-state index in [9.17, 15) is 8.42 Å². The van der Waals surface area contributed by atoms with Gasteiger partial charge in [-0.3, -0.25) is 4.90 Å². The van der Waals surface area contributed by atoms with Gasteiger partial charge in [0.05, 0.1) is 5.75 Å². The molecule has 0 aromatic heterocycles. The van der Waals surface area contributed by atoms with Crippen molar-refractivity contribution in [3.8, 4) is 0 Å². The van der Waals surface area contributed by atoms with Gasteiger partial charge in [0.2, 0.25) is 10.0 Å². The minimum absolute atomic E-state index is 0.0254. The highest BCUT2D eigenvalue weighted by Gasteiger charge is 2.18. The molecule has 1 aliphatic rings. The number of benzene rings is 2. The summed E-state index contributed by atoms with van der Waals surface area (Å²) in [5, 5.41) is 0.746. The average molecular weight is 408 g/mol. The largest absolute Gasteiger partial charge is 0.369 e. The molecule has 5 nitrogen and oxygen atoms in total. The molecule has 1 N–H and O–H groups in total. The molecule has 0 spiro atoms. The first-order valence-electron chi connectivity index (χ1n) is 9.17. The van der Waals surface area contributed by atoms with Gasteiger partial charge in [-0.25, -0.2) is 13.1 Å². The van der Waals surface area contributed by atoms with Gasteiger partial charge in [0, 0.05) is 50.0 Å². The number of halogens is 1. The van der Waals surface area contributed by atoms with Crippen LogP contribution in [0.15, 0.2) is 48.5 Å². The summed E-state index contributed by atoms with van der Waals surface area (Å²) >= 11 is 5.94. The predicted octanol–water partition coefficient (Wildman–Crippen LogP) is 2.89. The fraction of sp³-hybridized carbons (Fsp3) is 0.400. The molecule has 3 rings (SSSR count). The zero-order chi connectivity index (χ0) is 19.3. The molecule has 7 heteroatoms. The maximum atomic E-state index is 12.2. The number of piperazine rings is 1. The molecule has 2 aromatic carbocycles. The van der Waals surface area contributed by atoms with Gasteiger partial charge in [-0.2, -0.15) is 0 Å². The Balaban J connectivity index is 1.40. The maximum Gasteiger partial charge on any atom is 0.215 e. The second-order valence-corrected chi connectivity index (χ2v) is 9.19. The standard InChI is InChI=1S/C20H26ClN3O2S/c1-17-2-4-18(5-3-17)16-27(25,26)22-10-11-23-12-14-24(15-13-23)20-8-6-19(21)7-9-20/h2-9,22H,10-16H2,1H3. The maximum absolute atomic E-state index is 12.2. The van der Waals surface area contributed by atoms with Gasteiger partial charge in [0.15, 0.2) is 0 Å². The van der Waals surface area contributed by atoms with E-state index in [1.807, 2.05) is 55.5 Å². The minimum atomic E-state index is -3.31. The molecule has 1 fully saturated rings. The van der Waals surface area contributed by atoms with Crippen LogP contribution in [0.5, 0.6) is 0 Å². The lowest BCUT2D eigenvalue weighted by Gasteiger charge is -2.36. The molecule has 0 unspecified atom stereocenters. The monoisotopic (exact) mass is 407 g/mol. The van der Waals surface area contributed by atoms with Crippen LogP contribution in [0, 0.1) is 6.92 Å². The first kappa shape index (κ1) is 20.1. The normalized spacial score (nSPS) is 15.9. The summed E-state index contributed by atoms with van der Waals surface area (Å²) in [4.78, 5) is 4.62. The van der Waals surface area contributed by atoms with E-state index in [4.69, 9.17) is 11.6 Å². The first-order chi connectivity index (χ1) is 12.9. The molecule has 0 saturated carbocycles. The Bertz CT molecular complexity index is 831. The number of anilines is 1. The summed E-state index contributed by atoms with van der Waals surface area (Å²) in [6.45, 7) is 6.85. The molecule has 1 heterocycles. The molecular formula is C20H26ClN3O2S. The summed E-state index contributed by atoms with van der Waals surface area (Å²) in [5.74, 6) is 0.0254. The third-order valence-electron chi connectivity index (χ3n) is 4.79. The summed E-state index contributed by atoms with van der Waals surface area (Å²) in [6, 6.07) is 15.5. The molecule has 146 valence electrons. The fourth-order valence-electron chi connectivity index (χ4n) is 3.20. The van der Waals surface area contributed by atoms with Crippen LogP contribution < -0.4 is 9.62 Å². The molecule has 2 aromatic rings. The van der Waals surface area contributed by atoms with Gasteiger partial charge in [0.25, 0.3) is 0 Å². The number of rotatable bonds is 7. The van der Waals surface area contributed by atoms with Crippen molar-refractivity contribution in [2.45, 2.75) is 12.7 Å². The van der Waals surface area contributed by atoms with Gasteiger partial charge in [0.1, 0.15) is 0 Å². The minimum Gasteiger partial charge on any atom is -0.369 e. The Morgan fingerprint density at radius 2 is 1.59 bits per heavy atom. The number of hydrogen-bond donors (Lipinski definition) is 1. The first-order valence-corrected chi connectivity index (χ1v) is 11.2. The van der Waals surface area contributed by atoms with Crippen molar-refractivity contribution < 1.29 is 8.42 Å². The van der Waals surface area contributed by atoms with Crippen molar-refractivity contribution in [3.63, 3.8) is 0 Å². The van der Waals surface area contributed by atoms with E-state index in [-0.39, 0.29) is 5.75 Å². The van der Waals surface area contributed by atoms with Gasteiger partial charge >= 0.3 is 0 Å². The van der Waals surface area contributed by atoms with E-state index in [0.717, 1.165) is 48.9 Å². The van der Waals surface area contributed by atoms with E-state index < -0.39 is 10.0 Å². The van der Waals surface area contributed by atoms with Crippen LogP contribution in [0.25, 0.3) is 0 Å². The smallest absolute Gasteiger partial charge is 0.215 e. The van der Waals surface area contributed by atoms with E-state index in [0.29, 0.717) is 6.54 Å². The van der Waals surface area contributed by atoms with E-state index in [1.54, 1.807) is 0 Å². The number of hydrogen-bond acceptors (Lipinski definition) is 4. The van der Waals surface area contributed by atoms with Crippen molar-refractivity contribution in [3.05, 3.63) is 64.7 Å². The summed E-state index contributed by atoms with van der Waals surface area (Å²) in [5.41, 5.74) is 3.12. The number of sulfonamides is 1. The van der Waals surface area contributed by atoms with E-state index in [2.05, 4.69) is 14.5 Å². The Morgan fingerprint density at radius 1 is 0.963 bits per heavy atom. The molecule has 0 amide bonds. The molecule has 0 radical (unpaired) electrons. The summed E-state index contributed by atoms with van der Waals surface area (Å²) in [6.07, 6.45) is 0. The van der Waals surface area contributed by atoms with Crippen LogP contribution in [0.2, 0.25) is 5.02 Å². The van der Waals surface area contributed by atoms with Crippen molar-refractivity contribution >= 4 is 27.3 Å². The lowest BCUT2D eigenvalue weighted by atomic mass is 10.2. The quantitative estimate of drug-likeness (QED) is 0.766. The Morgan fingerprint density at radius 3 is 2.22 bits per heavy atom. The fourth-order valence-corrected chi connectivity index (χ4v) is 4.46. The van der Waals surface area contributed by atoms with E-state index in [1.165, 1.54) is 5.69 Å². The zero-order valence-corrected chi connectivity index (χ0v) is 17.1. The number of nitrogens with zero attached hydrogens (tertiary/aromatic N) is 2. The van der Waals surface area contributed by atoms with Crippen LogP contribution in [0.1, 0.15) is 11.1 Å². The van der Waals surface area contributed by atoms with Crippen molar-refractivity contribution in [1.82, 2.24) is 9.62 Å². The number of aryl methyl sites for hydroxylation is 1. The SMILES string of the molecule is Cc1ccc(CS(=O)(=O)NCCN2CCN(c3ccc(Cl)cc3)CC2)cc1. The van der Waals surface area contributed by atoms with Crippen molar-refractivity contribution in [2.75, 3.05) is 44.2 Å². The highest BCUT2D eigenvalue weighted by molar-refractivity contribution is 7.88. The third kappa shape index (κ3) is 6.21. The average Bonchev–Trinajstić information content (AvgIpc) is 2.65. The van der Waals surface area contributed by atoms with Gasteiger partial charge < -0.3 is 4.90 Å². The van der Waals surface area contributed by atoms with Crippen LogP contribution >= 0.6 is 11.6 Å². The van der Waals surface area contributed by atoms with Crippen molar-refractivity contribution in [2.24, 2.45) is 0 Å². The topological polar surface area (TPSA) is 52.7 Å².